The molecule has 0 aromatic rings. The van der Waals surface area contributed by atoms with E-state index in [0.717, 1.165) is 18.9 Å². The summed E-state index contributed by atoms with van der Waals surface area (Å²) >= 11 is 0. The molecule has 1 atom stereocenters. The van der Waals surface area contributed by atoms with Gasteiger partial charge in [-0.1, -0.05) is 27.4 Å². The molecule has 6 heteroatoms. The molecule has 118 valence electrons. The molecule has 0 saturated heterocycles. The van der Waals surface area contributed by atoms with E-state index in [1.54, 1.807) is 6.92 Å². The molecule has 0 radical (unpaired) electrons. The highest BCUT2D eigenvalue weighted by atomic mass is 28.4. The summed E-state index contributed by atoms with van der Waals surface area (Å²) in [6, 6.07) is 0. The Balaban J connectivity index is 4.87. The van der Waals surface area contributed by atoms with Crippen molar-refractivity contribution in [3.05, 3.63) is 12.7 Å². The largest absolute Gasteiger partial charge is 0.500 e. The van der Waals surface area contributed by atoms with Gasteiger partial charge in [0.05, 0.1) is 0 Å². The van der Waals surface area contributed by atoms with Crippen LogP contribution in [-0.2, 0) is 22.8 Å². The van der Waals surface area contributed by atoms with E-state index in [2.05, 4.69) is 6.58 Å². The van der Waals surface area contributed by atoms with E-state index >= 15 is 0 Å². The first-order valence-electron chi connectivity index (χ1n) is 7.18. The van der Waals surface area contributed by atoms with Crippen LogP contribution in [0.5, 0.6) is 0 Å². The van der Waals surface area contributed by atoms with Crippen LogP contribution in [-0.4, -0.2) is 33.8 Å². The number of esters is 1. The Hall–Kier alpha value is -0.693. The lowest BCUT2D eigenvalue weighted by Gasteiger charge is -2.36. The third kappa shape index (κ3) is 7.19. The first-order chi connectivity index (χ1) is 9.34. The molecule has 0 saturated carbocycles. The van der Waals surface area contributed by atoms with Crippen molar-refractivity contribution >= 4 is 14.8 Å². The molecule has 0 aliphatic heterocycles. The third-order valence-electron chi connectivity index (χ3n) is 2.66. The molecular weight excluding hydrogens is 276 g/mol. The van der Waals surface area contributed by atoms with Gasteiger partial charge in [0.15, 0.2) is 0 Å². The highest BCUT2D eigenvalue weighted by Gasteiger charge is 2.43. The first-order valence-corrected chi connectivity index (χ1v) is 9.40. The smallest absolute Gasteiger partial charge is 0.431 e. The summed E-state index contributed by atoms with van der Waals surface area (Å²) in [4.78, 5) is 11.4. The van der Waals surface area contributed by atoms with Gasteiger partial charge < -0.3 is 18.0 Å². The van der Waals surface area contributed by atoms with Crippen molar-refractivity contribution < 1.29 is 22.8 Å². The van der Waals surface area contributed by atoms with Gasteiger partial charge in [0.2, 0.25) is 5.79 Å². The molecule has 1 unspecified atom stereocenters. The van der Waals surface area contributed by atoms with E-state index in [-0.39, 0.29) is 0 Å². The summed E-state index contributed by atoms with van der Waals surface area (Å²) in [5, 5.41) is 0. The minimum absolute atomic E-state index is 0.500. The molecule has 0 spiro atoms. The predicted octanol–water partition coefficient (Wildman–Crippen LogP) is 3.28. The van der Waals surface area contributed by atoms with Crippen molar-refractivity contribution in [2.24, 2.45) is 0 Å². The summed E-state index contributed by atoms with van der Waals surface area (Å²) in [5.41, 5.74) is 0. The normalized spacial score (nSPS) is 14.7. The fraction of sp³-hybridized carbons (Fsp3) is 0.786. The van der Waals surface area contributed by atoms with Crippen LogP contribution < -0.4 is 0 Å². The number of carbonyl (C=O) groups excluding carboxylic acids is 1. The van der Waals surface area contributed by atoms with Gasteiger partial charge >= 0.3 is 14.8 Å². The van der Waals surface area contributed by atoms with Gasteiger partial charge in [-0.2, -0.15) is 0 Å². The van der Waals surface area contributed by atoms with Crippen molar-refractivity contribution in [2.45, 2.75) is 59.3 Å². The molecule has 0 bridgehead atoms. The first kappa shape index (κ1) is 19.3. The molecule has 0 heterocycles. The van der Waals surface area contributed by atoms with Gasteiger partial charge in [-0.15, -0.1) is 0 Å². The van der Waals surface area contributed by atoms with E-state index in [1.807, 2.05) is 27.3 Å². The van der Waals surface area contributed by atoms with Gasteiger partial charge in [0.1, 0.15) is 0 Å². The SMILES string of the molecule is C=CC(=O)OC(C)(CC)O[Si](C)(OCCC)OCCC. The number of hydrogen-bond donors (Lipinski definition) is 0. The lowest BCUT2D eigenvalue weighted by atomic mass is 10.2. The zero-order valence-electron chi connectivity index (χ0n) is 13.4. The van der Waals surface area contributed by atoms with Crippen LogP contribution in [0.2, 0.25) is 6.55 Å². The van der Waals surface area contributed by atoms with Crippen molar-refractivity contribution in [2.75, 3.05) is 13.2 Å². The van der Waals surface area contributed by atoms with Crippen molar-refractivity contribution in [1.82, 2.24) is 0 Å². The number of rotatable bonds is 11. The maximum absolute atomic E-state index is 11.4. The Kier molecular flexibility index (Phi) is 8.96. The molecule has 0 N–H and O–H groups in total. The van der Waals surface area contributed by atoms with Gasteiger partial charge in [0, 0.05) is 39.2 Å². The minimum Gasteiger partial charge on any atom is -0.431 e. The third-order valence-corrected chi connectivity index (χ3v) is 4.92. The van der Waals surface area contributed by atoms with Gasteiger partial charge in [0.25, 0.3) is 0 Å². The van der Waals surface area contributed by atoms with Crippen LogP contribution in [0.15, 0.2) is 12.7 Å². The van der Waals surface area contributed by atoms with E-state index in [1.165, 1.54) is 0 Å². The Morgan fingerprint density at radius 1 is 1.20 bits per heavy atom. The van der Waals surface area contributed by atoms with E-state index in [9.17, 15) is 4.79 Å². The second-order valence-corrected chi connectivity index (χ2v) is 7.28. The van der Waals surface area contributed by atoms with Crippen LogP contribution in [0.3, 0.4) is 0 Å². The average molecular weight is 304 g/mol. The molecule has 0 aromatic heterocycles. The Morgan fingerprint density at radius 3 is 2.05 bits per heavy atom. The second kappa shape index (κ2) is 9.28. The fourth-order valence-electron chi connectivity index (χ4n) is 1.49. The predicted molar refractivity (Wildman–Crippen MR) is 80.2 cm³/mol. The van der Waals surface area contributed by atoms with Crippen LogP contribution in [0.4, 0.5) is 0 Å². The number of hydrogen-bond acceptors (Lipinski definition) is 5. The topological polar surface area (TPSA) is 54.0 Å². The van der Waals surface area contributed by atoms with Crippen LogP contribution in [0.25, 0.3) is 0 Å². The van der Waals surface area contributed by atoms with Gasteiger partial charge in [-0.3, -0.25) is 0 Å². The molecule has 0 rings (SSSR count). The van der Waals surface area contributed by atoms with Crippen LogP contribution >= 0.6 is 0 Å². The molecule has 0 aliphatic rings. The summed E-state index contributed by atoms with van der Waals surface area (Å²) < 4.78 is 22.8. The summed E-state index contributed by atoms with van der Waals surface area (Å²) in [6.07, 6.45) is 3.36. The summed E-state index contributed by atoms with van der Waals surface area (Å²) in [7, 11) is -2.84. The molecular formula is C14H28O5Si. The highest BCUT2D eigenvalue weighted by molar-refractivity contribution is 6.59. The Bertz CT molecular complexity index is 300. The fourth-order valence-corrected chi connectivity index (χ4v) is 3.81. The summed E-state index contributed by atoms with van der Waals surface area (Å²) in [6.45, 7) is 14.0. The molecule has 5 nitrogen and oxygen atoms in total. The second-order valence-electron chi connectivity index (χ2n) is 4.77. The molecule has 0 aromatic carbocycles. The number of ether oxygens (including phenoxy) is 1. The molecule has 0 amide bonds. The van der Waals surface area contributed by atoms with Gasteiger partial charge in [-0.25, -0.2) is 4.79 Å². The maximum atomic E-state index is 11.4. The highest BCUT2D eigenvalue weighted by Crippen LogP contribution is 2.25. The quantitative estimate of drug-likeness (QED) is 0.254. The van der Waals surface area contributed by atoms with Crippen molar-refractivity contribution in [1.29, 1.82) is 0 Å². The van der Waals surface area contributed by atoms with E-state index in [4.69, 9.17) is 18.0 Å². The standard InChI is InChI=1S/C14H28O5Si/c1-7-11-16-20(6,17-12-8-2)19-14(5,10-4)18-13(15)9-3/h9H,3,7-8,10-12H2,1-2,4-6H3. The summed E-state index contributed by atoms with van der Waals surface area (Å²) in [5.74, 6) is -1.58. The average Bonchev–Trinajstić information content (AvgIpc) is 2.42. The lowest BCUT2D eigenvalue weighted by molar-refractivity contribution is -0.202. The minimum atomic E-state index is -2.84. The van der Waals surface area contributed by atoms with E-state index < -0.39 is 20.6 Å². The lowest BCUT2D eigenvalue weighted by Crippen LogP contribution is -2.51. The zero-order valence-corrected chi connectivity index (χ0v) is 14.4. The Labute approximate surface area is 123 Å². The number of carbonyl (C=O) groups is 1. The van der Waals surface area contributed by atoms with Crippen molar-refractivity contribution in [3.63, 3.8) is 0 Å². The van der Waals surface area contributed by atoms with Crippen LogP contribution in [0, 0.1) is 0 Å². The van der Waals surface area contributed by atoms with Gasteiger partial charge in [-0.05, 0) is 12.8 Å². The molecule has 0 fully saturated rings. The Morgan fingerprint density at radius 2 is 1.70 bits per heavy atom. The van der Waals surface area contributed by atoms with Crippen LogP contribution in [0.1, 0.15) is 47.0 Å². The molecule has 20 heavy (non-hydrogen) atoms. The monoisotopic (exact) mass is 304 g/mol. The van der Waals surface area contributed by atoms with Crippen molar-refractivity contribution in [3.8, 4) is 0 Å². The van der Waals surface area contributed by atoms with E-state index in [0.29, 0.717) is 19.6 Å². The maximum Gasteiger partial charge on any atom is 0.500 e. The molecule has 0 aliphatic carbocycles. The zero-order chi connectivity index (χ0) is 15.6.